The van der Waals surface area contributed by atoms with Crippen LogP contribution in [0, 0.1) is 19.7 Å². The zero-order valence-electron chi connectivity index (χ0n) is 16.1. The molecule has 4 aromatic rings. The summed E-state index contributed by atoms with van der Waals surface area (Å²) in [7, 11) is 0. The SMILES string of the molecule is Cc1cc(-c2nn(-c3ccccc3F)cc2CNCCSc2ncn[nH]2)c(C)s1. The minimum atomic E-state index is -0.289. The summed E-state index contributed by atoms with van der Waals surface area (Å²) in [4.78, 5) is 6.55. The van der Waals surface area contributed by atoms with Gasteiger partial charge in [0.2, 0.25) is 0 Å². The molecule has 0 saturated heterocycles. The van der Waals surface area contributed by atoms with Gasteiger partial charge in [0.1, 0.15) is 17.8 Å². The molecule has 0 aliphatic heterocycles. The number of nitrogens with zero attached hydrogens (tertiary/aromatic N) is 4. The molecule has 150 valence electrons. The number of hydrogen-bond acceptors (Lipinski definition) is 6. The third kappa shape index (κ3) is 4.58. The third-order valence-corrected chi connectivity index (χ3v) is 6.26. The molecule has 0 aliphatic carbocycles. The largest absolute Gasteiger partial charge is 0.312 e. The van der Waals surface area contributed by atoms with Crippen LogP contribution in [-0.4, -0.2) is 37.3 Å². The minimum Gasteiger partial charge on any atom is -0.312 e. The lowest BCUT2D eigenvalue weighted by Gasteiger charge is -2.04. The third-order valence-electron chi connectivity index (χ3n) is 4.41. The van der Waals surface area contributed by atoms with Gasteiger partial charge >= 0.3 is 0 Å². The molecule has 0 atom stereocenters. The molecule has 0 radical (unpaired) electrons. The number of benzene rings is 1. The van der Waals surface area contributed by atoms with E-state index in [-0.39, 0.29) is 5.82 Å². The molecule has 9 heteroatoms. The summed E-state index contributed by atoms with van der Waals surface area (Å²) in [6.07, 6.45) is 3.42. The maximum atomic E-state index is 14.3. The first kappa shape index (κ1) is 19.8. The van der Waals surface area contributed by atoms with Gasteiger partial charge < -0.3 is 5.32 Å². The minimum absolute atomic E-state index is 0.289. The van der Waals surface area contributed by atoms with E-state index in [0.717, 1.165) is 34.3 Å². The van der Waals surface area contributed by atoms with E-state index >= 15 is 0 Å². The number of aromatic amines is 1. The van der Waals surface area contributed by atoms with Gasteiger partial charge in [-0.2, -0.15) is 10.2 Å². The molecule has 0 spiro atoms. The van der Waals surface area contributed by atoms with E-state index in [2.05, 4.69) is 40.4 Å². The Morgan fingerprint density at radius 1 is 1.28 bits per heavy atom. The summed E-state index contributed by atoms with van der Waals surface area (Å²) >= 11 is 3.36. The van der Waals surface area contributed by atoms with E-state index in [1.165, 1.54) is 22.1 Å². The summed E-state index contributed by atoms with van der Waals surface area (Å²) in [5.74, 6) is 0.575. The molecule has 6 nitrogen and oxygen atoms in total. The van der Waals surface area contributed by atoms with E-state index in [9.17, 15) is 4.39 Å². The molecule has 0 amide bonds. The van der Waals surface area contributed by atoms with E-state index in [0.29, 0.717) is 12.2 Å². The first-order valence-corrected chi connectivity index (χ1v) is 11.0. The fourth-order valence-electron chi connectivity index (χ4n) is 3.10. The van der Waals surface area contributed by atoms with Gasteiger partial charge in [-0.15, -0.1) is 11.3 Å². The lowest BCUT2D eigenvalue weighted by Crippen LogP contribution is -2.16. The van der Waals surface area contributed by atoms with Gasteiger partial charge in [0.15, 0.2) is 5.16 Å². The predicted molar refractivity (Wildman–Crippen MR) is 115 cm³/mol. The van der Waals surface area contributed by atoms with Crippen molar-refractivity contribution in [3.63, 3.8) is 0 Å². The Bertz CT molecular complexity index is 1090. The second kappa shape index (κ2) is 8.89. The van der Waals surface area contributed by atoms with Crippen molar-refractivity contribution in [3.8, 4) is 16.9 Å². The average Bonchev–Trinajstić information content (AvgIpc) is 3.42. The zero-order chi connectivity index (χ0) is 20.2. The van der Waals surface area contributed by atoms with Gasteiger partial charge in [0, 0.05) is 45.9 Å². The van der Waals surface area contributed by atoms with Gasteiger partial charge in [-0.05, 0) is 32.0 Å². The Morgan fingerprint density at radius 3 is 2.86 bits per heavy atom. The Kier molecular flexibility index (Phi) is 6.08. The number of thiophene rings is 1. The molecule has 1 aromatic carbocycles. The van der Waals surface area contributed by atoms with Crippen LogP contribution in [0.5, 0.6) is 0 Å². The van der Waals surface area contributed by atoms with Crippen LogP contribution in [0.15, 0.2) is 48.0 Å². The monoisotopic (exact) mass is 428 g/mol. The number of para-hydroxylation sites is 1. The molecule has 3 heterocycles. The molecule has 4 rings (SSSR count). The second-order valence-electron chi connectivity index (χ2n) is 6.54. The molecule has 2 N–H and O–H groups in total. The molecule has 3 aromatic heterocycles. The summed E-state index contributed by atoms with van der Waals surface area (Å²) in [6.45, 7) is 5.64. The highest BCUT2D eigenvalue weighted by Crippen LogP contribution is 2.32. The maximum Gasteiger partial charge on any atom is 0.183 e. The molecule has 0 unspecified atom stereocenters. The Balaban J connectivity index is 1.54. The zero-order valence-corrected chi connectivity index (χ0v) is 17.8. The predicted octanol–water partition coefficient (Wildman–Crippen LogP) is 4.36. The van der Waals surface area contributed by atoms with Crippen LogP contribution in [0.25, 0.3) is 16.9 Å². The quantitative estimate of drug-likeness (QED) is 0.322. The molecule has 0 fully saturated rings. The molecular weight excluding hydrogens is 407 g/mol. The number of aryl methyl sites for hydroxylation is 2. The highest BCUT2D eigenvalue weighted by Gasteiger charge is 2.17. The number of rotatable bonds is 8. The first-order valence-electron chi connectivity index (χ1n) is 9.21. The van der Waals surface area contributed by atoms with Crippen molar-refractivity contribution in [1.29, 1.82) is 0 Å². The lowest BCUT2D eigenvalue weighted by atomic mass is 10.1. The van der Waals surface area contributed by atoms with Gasteiger partial charge in [-0.1, -0.05) is 23.9 Å². The van der Waals surface area contributed by atoms with E-state index in [1.54, 1.807) is 39.9 Å². The molecule has 0 aliphatic rings. The summed E-state index contributed by atoms with van der Waals surface area (Å²) in [5.41, 5.74) is 3.49. The van der Waals surface area contributed by atoms with Crippen molar-refractivity contribution < 1.29 is 4.39 Å². The van der Waals surface area contributed by atoms with Crippen LogP contribution in [0.1, 0.15) is 15.3 Å². The van der Waals surface area contributed by atoms with Gasteiger partial charge in [0.25, 0.3) is 0 Å². The fourth-order valence-corrected chi connectivity index (χ4v) is 4.70. The normalized spacial score (nSPS) is 11.3. The highest BCUT2D eigenvalue weighted by molar-refractivity contribution is 7.99. The average molecular weight is 429 g/mol. The Labute approximate surface area is 176 Å². The van der Waals surface area contributed by atoms with Gasteiger partial charge in [-0.25, -0.2) is 14.1 Å². The smallest absolute Gasteiger partial charge is 0.183 e. The molecule has 0 bridgehead atoms. The number of thioether (sulfide) groups is 1. The van der Waals surface area contributed by atoms with E-state index in [1.807, 2.05) is 12.3 Å². The van der Waals surface area contributed by atoms with Crippen LogP contribution in [0.2, 0.25) is 0 Å². The number of nitrogens with one attached hydrogen (secondary N) is 2. The van der Waals surface area contributed by atoms with Crippen molar-refractivity contribution in [1.82, 2.24) is 30.3 Å². The van der Waals surface area contributed by atoms with Crippen LogP contribution >= 0.6 is 23.1 Å². The van der Waals surface area contributed by atoms with Crippen LogP contribution in [-0.2, 0) is 6.54 Å². The summed E-state index contributed by atoms with van der Waals surface area (Å²) in [5, 5.41) is 15.7. The molecular formula is C20H21FN6S2. The van der Waals surface area contributed by atoms with E-state index in [4.69, 9.17) is 5.10 Å². The number of aromatic nitrogens is 5. The maximum absolute atomic E-state index is 14.3. The van der Waals surface area contributed by atoms with Crippen LogP contribution in [0.3, 0.4) is 0 Å². The Hall–Kier alpha value is -2.49. The molecule has 0 saturated carbocycles. The van der Waals surface area contributed by atoms with Gasteiger partial charge in [-0.3, -0.25) is 5.10 Å². The standard InChI is InChI=1S/C20H21FN6S2/c1-13-9-16(14(2)29-13)19-15(10-22-7-8-28-20-23-12-24-25-20)11-27(26-19)18-6-4-3-5-17(18)21/h3-6,9,11-12,22H,7-8,10H2,1-2H3,(H,23,24,25). The topological polar surface area (TPSA) is 71.4 Å². The van der Waals surface area contributed by atoms with Crippen molar-refractivity contribution in [3.05, 3.63) is 64.0 Å². The van der Waals surface area contributed by atoms with Crippen molar-refractivity contribution >= 4 is 23.1 Å². The Morgan fingerprint density at radius 2 is 2.14 bits per heavy atom. The highest BCUT2D eigenvalue weighted by atomic mass is 32.2. The fraction of sp³-hybridized carbons (Fsp3) is 0.250. The lowest BCUT2D eigenvalue weighted by molar-refractivity contribution is 0.611. The summed E-state index contributed by atoms with van der Waals surface area (Å²) in [6, 6.07) is 8.85. The van der Waals surface area contributed by atoms with Crippen molar-refractivity contribution in [2.24, 2.45) is 0 Å². The molecule has 29 heavy (non-hydrogen) atoms. The van der Waals surface area contributed by atoms with Gasteiger partial charge in [0.05, 0.1) is 5.69 Å². The van der Waals surface area contributed by atoms with Crippen molar-refractivity contribution in [2.75, 3.05) is 12.3 Å². The van der Waals surface area contributed by atoms with Crippen molar-refractivity contribution in [2.45, 2.75) is 25.5 Å². The summed E-state index contributed by atoms with van der Waals surface area (Å²) < 4.78 is 15.9. The van der Waals surface area contributed by atoms with Crippen LogP contribution < -0.4 is 5.32 Å². The number of halogens is 1. The second-order valence-corrected chi connectivity index (χ2v) is 9.09. The first-order chi connectivity index (χ1) is 14.1. The number of H-pyrrole nitrogens is 1. The van der Waals surface area contributed by atoms with Crippen LogP contribution in [0.4, 0.5) is 4.39 Å². The van der Waals surface area contributed by atoms with E-state index < -0.39 is 0 Å². The number of hydrogen-bond donors (Lipinski definition) is 2.